The maximum atomic E-state index is 17.0. The molecule has 3 amide bonds. The van der Waals surface area contributed by atoms with Crippen LogP contribution >= 0.6 is 11.3 Å². The minimum atomic E-state index is -1.77. The number of hydrogen-bond donors (Lipinski definition) is 4. The van der Waals surface area contributed by atoms with E-state index in [2.05, 4.69) is 63.3 Å². The number of aromatic amines is 2. The van der Waals surface area contributed by atoms with E-state index in [-0.39, 0.29) is 29.8 Å². The summed E-state index contributed by atoms with van der Waals surface area (Å²) in [5, 5.41) is 3.61. The van der Waals surface area contributed by atoms with Crippen molar-refractivity contribution in [1.29, 1.82) is 0 Å². The summed E-state index contributed by atoms with van der Waals surface area (Å²) >= 11 is 1.75. The Balaban J connectivity index is 0.915. The largest absolute Gasteiger partial charge is 0.464 e. The topological polar surface area (TPSA) is 176 Å². The highest BCUT2D eigenvalue weighted by atomic mass is 32.1. The number of imidazole rings is 2. The number of ether oxygens (including phenoxy) is 2. The smallest absolute Gasteiger partial charge is 0.407 e. The van der Waals surface area contributed by atoms with Crippen LogP contribution < -0.4 is 15.8 Å². The zero-order chi connectivity index (χ0) is 47.9. The first-order chi connectivity index (χ1) is 33.2. The first-order valence-electron chi connectivity index (χ1n) is 23.9. The van der Waals surface area contributed by atoms with Gasteiger partial charge in [-0.3, -0.25) is 14.2 Å². The van der Waals surface area contributed by atoms with E-state index in [4.69, 9.17) is 25.2 Å². The fourth-order valence-corrected chi connectivity index (χ4v) is 14.7. The molecule has 4 aliphatic rings. The summed E-state index contributed by atoms with van der Waals surface area (Å²) in [5.41, 5.74) is 12.2. The van der Waals surface area contributed by atoms with Crippen molar-refractivity contribution in [2.45, 2.75) is 95.0 Å². The second-order valence-corrected chi connectivity index (χ2v) is 26.3. The zero-order valence-corrected chi connectivity index (χ0v) is 41.1. The molecule has 69 heavy (non-hydrogen) atoms. The van der Waals surface area contributed by atoms with Crippen molar-refractivity contribution < 1.29 is 28.2 Å². The zero-order valence-electron chi connectivity index (χ0n) is 39.3. The van der Waals surface area contributed by atoms with E-state index < -0.39 is 38.3 Å². The molecular weight excluding hydrogens is 910 g/mol. The lowest BCUT2D eigenvalue weighted by atomic mass is 10.0. The van der Waals surface area contributed by atoms with Crippen molar-refractivity contribution in [3.05, 3.63) is 124 Å². The summed E-state index contributed by atoms with van der Waals surface area (Å²) in [5.74, 6) is 1.41. The molecule has 3 aromatic carbocycles. The van der Waals surface area contributed by atoms with Gasteiger partial charge in [-0.05, 0) is 91.6 Å². The van der Waals surface area contributed by atoms with Crippen molar-refractivity contribution >= 4 is 48.2 Å². The highest BCUT2D eigenvalue weighted by Gasteiger charge is 2.45. The molecule has 0 spiro atoms. The molecule has 4 aromatic heterocycles. The van der Waals surface area contributed by atoms with Gasteiger partial charge in [0.15, 0.2) is 0 Å². The Morgan fingerprint density at radius 1 is 0.884 bits per heavy atom. The third-order valence-corrected chi connectivity index (χ3v) is 18.3. The molecule has 0 bridgehead atoms. The average molecular weight is 966 g/mol. The lowest BCUT2D eigenvalue weighted by Crippen LogP contribution is -2.51. The molecule has 3 aliphatic heterocycles. The average Bonchev–Trinajstić information content (AvgIpc) is 4.02. The molecule has 7 heterocycles. The molecule has 7 aromatic rings. The van der Waals surface area contributed by atoms with Crippen LogP contribution in [0.5, 0.6) is 5.75 Å². The number of nitrogens with zero attached hydrogens (tertiary/aromatic N) is 5. The number of carbonyl (C=O) groups is 3. The molecule has 1 aliphatic carbocycles. The van der Waals surface area contributed by atoms with Crippen molar-refractivity contribution in [2.24, 2.45) is 11.7 Å². The van der Waals surface area contributed by atoms with Gasteiger partial charge in [0, 0.05) is 34.1 Å². The summed E-state index contributed by atoms with van der Waals surface area (Å²) in [7, 11) is -0.498. The van der Waals surface area contributed by atoms with Crippen LogP contribution in [0, 0.1) is 11.7 Å². The van der Waals surface area contributed by atoms with Gasteiger partial charge in [0.1, 0.15) is 35.3 Å². The van der Waals surface area contributed by atoms with E-state index in [1.165, 1.54) is 30.9 Å². The maximum Gasteiger partial charge on any atom is 0.407 e. The van der Waals surface area contributed by atoms with Crippen LogP contribution in [-0.4, -0.2) is 86.1 Å². The quantitative estimate of drug-likeness (QED) is 0.0927. The normalized spacial score (nSPS) is 20.4. The highest BCUT2D eigenvalue weighted by Crippen LogP contribution is 2.50. The first-order valence-corrected chi connectivity index (χ1v) is 28.1. The third kappa shape index (κ3) is 8.23. The molecule has 3 fully saturated rings. The highest BCUT2D eigenvalue weighted by molar-refractivity contribution is 7.12. The number of halogens is 1. The fourth-order valence-electron chi connectivity index (χ4n) is 10.6. The molecule has 5 N–H and O–H groups in total. The molecule has 0 radical (unpaired) electrons. The van der Waals surface area contributed by atoms with Crippen molar-refractivity contribution in [3.63, 3.8) is 0 Å². The Bertz CT molecular complexity index is 3120. The Hall–Kier alpha value is -6.56. The molecule has 5 atom stereocenters. The van der Waals surface area contributed by atoms with Crippen LogP contribution in [0.15, 0.2) is 91.3 Å². The van der Waals surface area contributed by atoms with E-state index in [9.17, 15) is 14.4 Å². The van der Waals surface area contributed by atoms with Gasteiger partial charge in [0.05, 0.1) is 72.7 Å². The summed E-state index contributed by atoms with van der Waals surface area (Å²) in [6.45, 7) is 8.88. The van der Waals surface area contributed by atoms with Gasteiger partial charge in [0.2, 0.25) is 18.0 Å². The van der Waals surface area contributed by atoms with Crippen LogP contribution in [0.3, 0.4) is 0 Å². The number of thiophene rings is 1. The molecule has 17 heteroatoms. The number of likely N-dealkylation sites (tertiary alicyclic amines) is 1. The Kier molecular flexibility index (Phi) is 11.4. The Morgan fingerprint density at radius 3 is 2.33 bits per heavy atom. The molecule has 11 rings (SSSR count). The van der Waals surface area contributed by atoms with Gasteiger partial charge < -0.3 is 40.3 Å². The molecule has 2 saturated heterocycles. The first kappa shape index (κ1) is 44.9. The predicted molar refractivity (Wildman–Crippen MR) is 266 cm³/mol. The summed E-state index contributed by atoms with van der Waals surface area (Å²) < 4.78 is 30.8. The van der Waals surface area contributed by atoms with Gasteiger partial charge in [0.25, 0.3) is 0 Å². The van der Waals surface area contributed by atoms with Gasteiger partial charge in [-0.15, -0.1) is 11.3 Å². The van der Waals surface area contributed by atoms with Crippen LogP contribution in [0.1, 0.15) is 96.8 Å². The van der Waals surface area contributed by atoms with E-state index in [1.54, 1.807) is 22.4 Å². The predicted octanol–water partition coefficient (Wildman–Crippen LogP) is 9.98. The van der Waals surface area contributed by atoms with E-state index in [1.807, 2.05) is 67.4 Å². The minimum absolute atomic E-state index is 0.0971. The number of aromatic nitrogens is 5. The molecule has 1 unspecified atom stereocenters. The number of fused-ring (bicyclic) bond motifs is 5. The maximum absolute atomic E-state index is 17.0. The second kappa shape index (κ2) is 17.4. The number of amides is 3. The van der Waals surface area contributed by atoms with Crippen molar-refractivity contribution in [2.75, 3.05) is 19.8 Å². The Labute approximate surface area is 404 Å². The summed E-state index contributed by atoms with van der Waals surface area (Å²) in [6, 6.07) is 24.3. The summed E-state index contributed by atoms with van der Waals surface area (Å²) in [6.07, 6.45) is 6.81. The monoisotopic (exact) mass is 965 g/mol. The SMILES string of the molecule is COC(=O)N[C@H](C(=O)N1CCC[C@H]1c1ncc(-c2cc(F)c3c(c2)O[C@@H](c2ccc(C4CC4)s2)n2c-3cc3cc(-c4cnc([C@@H]5C[Si](C)(C)CN5C(=O)C(N)c5ccccc5)[nH]4)ccc32)[nH]1)C(C)C. The number of methoxy groups -OCH3 is 1. The number of nitrogens with one attached hydrogen (secondary N) is 3. The fraction of sp³-hybridized carbons (Fsp3) is 0.365. The van der Waals surface area contributed by atoms with Crippen LogP contribution in [0.2, 0.25) is 19.1 Å². The van der Waals surface area contributed by atoms with Crippen LogP contribution in [0.4, 0.5) is 9.18 Å². The minimum Gasteiger partial charge on any atom is -0.464 e. The summed E-state index contributed by atoms with van der Waals surface area (Å²) in [4.78, 5) is 62.6. The number of benzene rings is 3. The number of alkyl carbamates (subject to hydrolysis) is 1. The van der Waals surface area contributed by atoms with Gasteiger partial charge in [-0.25, -0.2) is 19.2 Å². The molecule has 356 valence electrons. The number of rotatable bonds is 11. The van der Waals surface area contributed by atoms with Gasteiger partial charge in [-0.1, -0.05) is 63.3 Å². The molecule has 1 saturated carbocycles. The lowest BCUT2D eigenvalue weighted by molar-refractivity contribution is -0.135. The van der Waals surface area contributed by atoms with Crippen molar-refractivity contribution in [3.8, 4) is 39.5 Å². The van der Waals surface area contributed by atoms with E-state index >= 15 is 4.39 Å². The third-order valence-electron chi connectivity index (χ3n) is 14.3. The second-order valence-electron chi connectivity index (χ2n) is 20.1. The number of nitrogens with two attached hydrogens (primary N) is 1. The van der Waals surface area contributed by atoms with Gasteiger partial charge in [-0.2, -0.15) is 0 Å². The van der Waals surface area contributed by atoms with Crippen molar-refractivity contribution in [1.82, 2.24) is 39.6 Å². The van der Waals surface area contributed by atoms with Gasteiger partial charge >= 0.3 is 6.09 Å². The Morgan fingerprint density at radius 2 is 1.61 bits per heavy atom. The lowest BCUT2D eigenvalue weighted by Gasteiger charge is -2.30. The number of carbonyl (C=O) groups excluding carboxylic acids is 3. The van der Waals surface area contributed by atoms with Crippen LogP contribution in [-0.2, 0) is 14.3 Å². The molecular formula is C52H56FN9O5SSi. The standard InChI is InChI=1S/C52H56FN9O5SSi/c1-28(2)46(59-52(65)66-3)50(64)60-19-9-12-38(60)47-55-25-36(58-47)32-21-34(53)44-39-22-33-20-31(15-16-37(33)62(39)51(67-41(44)23-32)43-18-17-42(68-43)29-13-14-29)35-24-56-48(57-35)40-26-69(4,5)27-61(40)49(63)45(54)30-10-7-6-8-11-30/h6-8,10-11,15-18,20-25,28-29,38,40,45-46,51H,9,12-14,19,26-27,54H2,1-5H3,(H,55,58)(H,56,57)(H,59,65)/t38-,40-,45?,46-,51-/m0/s1. The number of hydrogen-bond acceptors (Lipinski definition) is 9. The number of H-pyrrole nitrogens is 2. The van der Waals surface area contributed by atoms with E-state index in [0.717, 1.165) is 50.9 Å². The molecule has 14 nitrogen and oxygen atoms in total. The van der Waals surface area contributed by atoms with E-state index in [0.29, 0.717) is 59.1 Å². The van der Waals surface area contributed by atoms with Crippen LogP contribution in [0.25, 0.3) is 44.7 Å².